The molecule has 0 saturated carbocycles. The zero-order valence-electron chi connectivity index (χ0n) is 14.1. The molecule has 0 aliphatic rings. The third-order valence-electron chi connectivity index (χ3n) is 3.74. The van der Waals surface area contributed by atoms with Crippen molar-refractivity contribution in [3.63, 3.8) is 0 Å². The third-order valence-corrected chi connectivity index (χ3v) is 5.16. The summed E-state index contributed by atoms with van der Waals surface area (Å²) >= 11 is 0. The minimum Gasteiger partial charge on any atom is -0.322 e. The minimum atomic E-state index is -3.74. The Morgan fingerprint density at radius 1 is 0.926 bits per heavy atom. The van der Waals surface area contributed by atoms with Crippen molar-refractivity contribution in [1.82, 2.24) is 9.71 Å². The second-order valence-corrected chi connectivity index (χ2v) is 7.43. The van der Waals surface area contributed by atoms with Crippen LogP contribution in [0.25, 0.3) is 0 Å². The quantitative estimate of drug-likeness (QED) is 0.683. The Morgan fingerprint density at radius 2 is 1.56 bits per heavy atom. The summed E-state index contributed by atoms with van der Waals surface area (Å²) in [6.45, 7) is 0.0476. The molecule has 2 N–H and O–H groups in total. The van der Waals surface area contributed by atoms with Crippen LogP contribution >= 0.6 is 0 Å². The van der Waals surface area contributed by atoms with E-state index >= 15 is 0 Å². The Balaban J connectivity index is 1.62. The molecule has 0 bridgehead atoms. The highest BCUT2D eigenvalue weighted by Gasteiger charge is 2.14. The topological polar surface area (TPSA) is 88.2 Å². The van der Waals surface area contributed by atoms with Crippen molar-refractivity contribution in [2.75, 3.05) is 5.32 Å². The number of nitrogens with zero attached hydrogens (tertiary/aromatic N) is 1. The van der Waals surface area contributed by atoms with Gasteiger partial charge in [0.2, 0.25) is 10.0 Å². The van der Waals surface area contributed by atoms with Crippen molar-refractivity contribution in [2.24, 2.45) is 0 Å². The number of aromatic nitrogens is 1. The molecule has 1 amide bonds. The minimum absolute atomic E-state index is 0.0164. The van der Waals surface area contributed by atoms with Crippen LogP contribution in [0.5, 0.6) is 0 Å². The predicted octanol–water partition coefficient (Wildman–Crippen LogP) is 2.95. The van der Waals surface area contributed by atoms with Crippen LogP contribution in [0.15, 0.2) is 78.0 Å². The maximum Gasteiger partial charge on any atom is 0.255 e. The number of carbonyl (C=O) groups is 1. The van der Waals surface area contributed by atoms with Crippen LogP contribution < -0.4 is 10.0 Å². The molecule has 27 heavy (non-hydrogen) atoms. The van der Waals surface area contributed by atoms with Crippen molar-refractivity contribution >= 4 is 21.6 Å². The molecule has 8 heteroatoms. The second kappa shape index (κ2) is 8.07. The number of benzene rings is 2. The van der Waals surface area contributed by atoms with E-state index in [-0.39, 0.29) is 17.3 Å². The van der Waals surface area contributed by atoms with E-state index in [2.05, 4.69) is 15.0 Å². The first-order valence-electron chi connectivity index (χ1n) is 7.99. The number of halogens is 1. The van der Waals surface area contributed by atoms with E-state index in [4.69, 9.17) is 0 Å². The molecule has 6 nitrogen and oxygen atoms in total. The van der Waals surface area contributed by atoms with Crippen LogP contribution in [-0.4, -0.2) is 19.3 Å². The molecule has 2 aromatic carbocycles. The molecule has 0 radical (unpaired) electrons. The summed E-state index contributed by atoms with van der Waals surface area (Å²) in [6, 6.07) is 14.5. The van der Waals surface area contributed by atoms with E-state index in [1.165, 1.54) is 12.1 Å². The summed E-state index contributed by atoms with van der Waals surface area (Å²) in [6.07, 6.45) is 3.15. The van der Waals surface area contributed by atoms with E-state index in [9.17, 15) is 17.6 Å². The molecule has 0 spiro atoms. The van der Waals surface area contributed by atoms with Crippen molar-refractivity contribution in [2.45, 2.75) is 11.4 Å². The number of carbonyl (C=O) groups excluding carboxylic acids is 1. The molecule has 0 unspecified atom stereocenters. The van der Waals surface area contributed by atoms with Gasteiger partial charge in [0, 0.05) is 30.2 Å². The molecule has 0 fully saturated rings. The number of anilines is 1. The molecule has 3 rings (SSSR count). The van der Waals surface area contributed by atoms with Gasteiger partial charge in [-0.3, -0.25) is 9.78 Å². The van der Waals surface area contributed by atoms with Gasteiger partial charge in [-0.25, -0.2) is 17.5 Å². The summed E-state index contributed by atoms with van der Waals surface area (Å²) < 4.78 is 39.7. The number of hydrogen-bond donors (Lipinski definition) is 2. The van der Waals surface area contributed by atoms with Crippen molar-refractivity contribution in [1.29, 1.82) is 0 Å². The predicted molar refractivity (Wildman–Crippen MR) is 99.1 cm³/mol. The van der Waals surface area contributed by atoms with Gasteiger partial charge >= 0.3 is 0 Å². The first-order chi connectivity index (χ1) is 12.9. The summed E-state index contributed by atoms with van der Waals surface area (Å²) in [7, 11) is -3.74. The van der Waals surface area contributed by atoms with Crippen LogP contribution in [0, 0.1) is 5.82 Å². The summed E-state index contributed by atoms with van der Waals surface area (Å²) in [5, 5.41) is 2.74. The average Bonchev–Trinajstić information content (AvgIpc) is 2.68. The van der Waals surface area contributed by atoms with Crippen LogP contribution in [0.3, 0.4) is 0 Å². The standard InChI is InChI=1S/C19H16FN3O3S/c20-16-5-7-18(8-6-16)27(25,26)22-13-14-1-3-15(4-2-14)19(24)23-17-9-11-21-12-10-17/h1-12,22H,13H2,(H,21,23,24). The van der Waals surface area contributed by atoms with Gasteiger partial charge in [-0.1, -0.05) is 12.1 Å². The number of sulfonamides is 1. The summed E-state index contributed by atoms with van der Waals surface area (Å²) in [5.74, 6) is -0.783. The molecular formula is C19H16FN3O3S. The molecule has 0 atom stereocenters. The van der Waals surface area contributed by atoms with Gasteiger partial charge in [-0.15, -0.1) is 0 Å². The first-order valence-corrected chi connectivity index (χ1v) is 9.48. The number of rotatable bonds is 6. The fourth-order valence-electron chi connectivity index (χ4n) is 2.29. The highest BCUT2D eigenvalue weighted by atomic mass is 32.2. The van der Waals surface area contributed by atoms with Crippen molar-refractivity contribution in [3.8, 4) is 0 Å². The van der Waals surface area contributed by atoms with Crippen molar-refractivity contribution in [3.05, 3.63) is 90.0 Å². The monoisotopic (exact) mass is 385 g/mol. The Morgan fingerprint density at radius 3 is 2.19 bits per heavy atom. The molecule has 138 valence electrons. The fraction of sp³-hybridized carbons (Fsp3) is 0.0526. The Bertz CT molecular complexity index is 1020. The van der Waals surface area contributed by atoms with Gasteiger partial charge in [0.15, 0.2) is 0 Å². The molecular weight excluding hydrogens is 369 g/mol. The smallest absolute Gasteiger partial charge is 0.255 e. The van der Waals surface area contributed by atoms with E-state index in [0.29, 0.717) is 16.8 Å². The SMILES string of the molecule is O=C(Nc1ccncc1)c1ccc(CNS(=O)(=O)c2ccc(F)cc2)cc1. The third kappa shape index (κ3) is 4.96. The molecule has 1 heterocycles. The summed E-state index contributed by atoms with van der Waals surface area (Å²) in [5.41, 5.74) is 1.75. The Hall–Kier alpha value is -3.10. The lowest BCUT2D eigenvalue weighted by Crippen LogP contribution is -2.23. The molecule has 0 saturated heterocycles. The largest absolute Gasteiger partial charge is 0.322 e. The second-order valence-electron chi connectivity index (χ2n) is 5.67. The Labute approximate surface area is 156 Å². The highest BCUT2D eigenvalue weighted by Crippen LogP contribution is 2.12. The Kier molecular flexibility index (Phi) is 5.58. The van der Waals surface area contributed by atoms with Gasteiger partial charge < -0.3 is 5.32 Å². The lowest BCUT2D eigenvalue weighted by molar-refractivity contribution is 0.102. The van der Waals surface area contributed by atoms with E-state index in [1.54, 1.807) is 48.8 Å². The molecule has 0 aliphatic heterocycles. The maximum atomic E-state index is 12.9. The first kappa shape index (κ1) is 18.7. The lowest BCUT2D eigenvalue weighted by atomic mass is 10.1. The van der Waals surface area contributed by atoms with Gasteiger partial charge in [0.1, 0.15) is 5.82 Å². The van der Waals surface area contributed by atoms with Crippen LogP contribution in [0.1, 0.15) is 15.9 Å². The van der Waals surface area contributed by atoms with E-state index in [0.717, 1.165) is 12.1 Å². The number of amides is 1. The highest BCUT2D eigenvalue weighted by molar-refractivity contribution is 7.89. The van der Waals surface area contributed by atoms with Crippen LogP contribution in [-0.2, 0) is 16.6 Å². The normalized spacial score (nSPS) is 11.1. The lowest BCUT2D eigenvalue weighted by Gasteiger charge is -2.08. The fourth-order valence-corrected chi connectivity index (χ4v) is 3.31. The molecule has 1 aromatic heterocycles. The van der Waals surface area contributed by atoms with Crippen LogP contribution in [0.4, 0.5) is 10.1 Å². The zero-order chi connectivity index (χ0) is 19.3. The number of pyridine rings is 1. The number of hydrogen-bond acceptors (Lipinski definition) is 4. The van der Waals surface area contributed by atoms with Gasteiger partial charge in [0.05, 0.1) is 4.90 Å². The van der Waals surface area contributed by atoms with Crippen molar-refractivity contribution < 1.29 is 17.6 Å². The number of nitrogens with one attached hydrogen (secondary N) is 2. The van der Waals surface area contributed by atoms with E-state index < -0.39 is 15.8 Å². The average molecular weight is 385 g/mol. The van der Waals surface area contributed by atoms with Gasteiger partial charge in [0.25, 0.3) is 5.91 Å². The van der Waals surface area contributed by atoms with Gasteiger partial charge in [-0.05, 0) is 54.1 Å². The molecule has 3 aromatic rings. The van der Waals surface area contributed by atoms with Crippen LogP contribution in [0.2, 0.25) is 0 Å². The van der Waals surface area contributed by atoms with E-state index in [1.807, 2.05) is 0 Å². The summed E-state index contributed by atoms with van der Waals surface area (Å²) in [4.78, 5) is 16.0. The zero-order valence-corrected chi connectivity index (χ0v) is 14.9. The molecule has 0 aliphatic carbocycles. The maximum absolute atomic E-state index is 12.9. The van der Waals surface area contributed by atoms with Gasteiger partial charge in [-0.2, -0.15) is 0 Å².